The maximum absolute atomic E-state index is 12.1. The number of hydrogen-bond acceptors (Lipinski definition) is 5. The standard InChI is InChI=1S/C19H18N4O2S/c1-12(24)23-16(13-7-9-14(25-2)10-8-13)11-18(22-23)21-19-20-15-5-3-4-6-17(15)26-19/h3-10,16H,11H2,1-2H3,(H,20,21,22). The highest BCUT2D eigenvalue weighted by Crippen LogP contribution is 2.32. The van der Waals surface area contributed by atoms with Crippen molar-refractivity contribution in [2.45, 2.75) is 19.4 Å². The molecule has 26 heavy (non-hydrogen) atoms. The second-order valence-electron chi connectivity index (χ2n) is 6.02. The van der Waals surface area contributed by atoms with Crippen molar-refractivity contribution in [2.75, 3.05) is 7.11 Å². The van der Waals surface area contributed by atoms with Crippen LogP contribution in [0.25, 0.3) is 10.2 Å². The Hall–Kier alpha value is -2.93. The highest BCUT2D eigenvalue weighted by Gasteiger charge is 2.32. The minimum absolute atomic E-state index is 0.0553. The predicted molar refractivity (Wildman–Crippen MR) is 103 cm³/mol. The van der Waals surface area contributed by atoms with Crippen molar-refractivity contribution in [3.05, 3.63) is 54.1 Å². The Balaban J connectivity index is 1.63. The second kappa shape index (κ2) is 6.76. The Morgan fingerprint density at radius 3 is 2.73 bits per heavy atom. The largest absolute Gasteiger partial charge is 0.497 e. The highest BCUT2D eigenvalue weighted by atomic mass is 32.1. The summed E-state index contributed by atoms with van der Waals surface area (Å²) in [4.78, 5) is 21.2. The quantitative estimate of drug-likeness (QED) is 0.765. The minimum atomic E-state index is -0.105. The zero-order chi connectivity index (χ0) is 18.1. The first-order chi connectivity index (χ1) is 12.6. The zero-order valence-corrected chi connectivity index (χ0v) is 15.3. The number of para-hydroxylation sites is 1. The molecule has 4 rings (SSSR count). The molecular formula is C19H18N4O2S. The fraction of sp³-hybridized carbons (Fsp3) is 0.211. The topological polar surface area (TPSA) is 66.8 Å². The average molecular weight is 366 g/mol. The number of thiazole rings is 1. The molecule has 132 valence electrons. The number of hydrogen-bond donors (Lipinski definition) is 1. The summed E-state index contributed by atoms with van der Waals surface area (Å²) in [5.41, 5.74) is 5.10. The molecule has 0 spiro atoms. The summed E-state index contributed by atoms with van der Waals surface area (Å²) in [6.07, 6.45) is 0.613. The van der Waals surface area contributed by atoms with Gasteiger partial charge in [-0.15, -0.1) is 0 Å². The number of methoxy groups -OCH3 is 1. The van der Waals surface area contributed by atoms with Crippen LogP contribution in [0.3, 0.4) is 0 Å². The number of nitrogens with zero attached hydrogens (tertiary/aromatic N) is 3. The summed E-state index contributed by atoms with van der Waals surface area (Å²) in [6, 6.07) is 15.6. The van der Waals surface area contributed by atoms with Crippen LogP contribution in [0.15, 0.2) is 53.5 Å². The monoisotopic (exact) mass is 366 g/mol. The second-order valence-corrected chi connectivity index (χ2v) is 7.03. The third-order valence-corrected chi connectivity index (χ3v) is 5.23. The minimum Gasteiger partial charge on any atom is -0.497 e. The number of carbonyl (C=O) groups excluding carboxylic acids is 1. The van der Waals surface area contributed by atoms with E-state index in [1.54, 1.807) is 19.0 Å². The zero-order valence-electron chi connectivity index (χ0n) is 14.5. The van der Waals surface area contributed by atoms with Crippen molar-refractivity contribution in [2.24, 2.45) is 4.99 Å². The number of amides is 1. The van der Waals surface area contributed by atoms with Gasteiger partial charge in [0.2, 0.25) is 11.0 Å². The van der Waals surface area contributed by atoms with E-state index >= 15 is 0 Å². The summed E-state index contributed by atoms with van der Waals surface area (Å²) in [5.74, 6) is 1.47. The van der Waals surface area contributed by atoms with Gasteiger partial charge >= 0.3 is 0 Å². The molecule has 6 nitrogen and oxygen atoms in total. The first-order valence-corrected chi connectivity index (χ1v) is 9.09. The smallest absolute Gasteiger partial charge is 0.238 e. The highest BCUT2D eigenvalue weighted by molar-refractivity contribution is 7.22. The number of aliphatic imine (C=N–C) groups is 1. The molecule has 1 atom stereocenters. The fourth-order valence-corrected chi connectivity index (χ4v) is 3.88. The van der Waals surface area contributed by atoms with Crippen molar-refractivity contribution < 1.29 is 9.53 Å². The van der Waals surface area contributed by atoms with E-state index < -0.39 is 0 Å². The first kappa shape index (κ1) is 16.5. The molecule has 7 heteroatoms. The lowest BCUT2D eigenvalue weighted by molar-refractivity contribution is -0.132. The van der Waals surface area contributed by atoms with Gasteiger partial charge in [0, 0.05) is 13.3 Å². The molecule has 0 bridgehead atoms. The van der Waals surface area contributed by atoms with Gasteiger partial charge in [-0.2, -0.15) is 0 Å². The van der Waals surface area contributed by atoms with Crippen molar-refractivity contribution in [3.63, 3.8) is 0 Å². The van der Waals surface area contributed by atoms with Crippen molar-refractivity contribution in [1.29, 1.82) is 0 Å². The van der Waals surface area contributed by atoms with Crippen LogP contribution < -0.4 is 10.2 Å². The molecule has 1 aliphatic heterocycles. The van der Waals surface area contributed by atoms with Gasteiger partial charge in [0.15, 0.2) is 0 Å². The van der Waals surface area contributed by atoms with E-state index in [0.29, 0.717) is 11.6 Å². The fourth-order valence-electron chi connectivity index (χ4n) is 3.02. The van der Waals surface area contributed by atoms with Gasteiger partial charge in [-0.05, 0) is 29.8 Å². The molecule has 1 N–H and O–H groups in total. The van der Waals surface area contributed by atoms with E-state index in [1.807, 2.05) is 48.5 Å². The van der Waals surface area contributed by atoms with E-state index in [4.69, 9.17) is 4.74 Å². The molecule has 0 radical (unpaired) electrons. The summed E-state index contributed by atoms with van der Waals surface area (Å²) in [6.45, 7) is 1.55. The van der Waals surface area contributed by atoms with E-state index in [2.05, 4.69) is 15.4 Å². The number of amidine groups is 1. The number of fused-ring (bicyclic) bond motifs is 1. The number of carbonyl (C=O) groups is 1. The van der Waals surface area contributed by atoms with Crippen LogP contribution in [0, 0.1) is 0 Å². The summed E-state index contributed by atoms with van der Waals surface area (Å²) >= 11 is 1.54. The van der Waals surface area contributed by atoms with Gasteiger partial charge in [-0.1, -0.05) is 35.6 Å². The Morgan fingerprint density at radius 1 is 1.27 bits per heavy atom. The van der Waals surface area contributed by atoms with E-state index in [9.17, 15) is 4.79 Å². The van der Waals surface area contributed by atoms with E-state index in [0.717, 1.165) is 27.4 Å². The normalized spacial score (nSPS) is 18.3. The SMILES string of the molecule is COc1ccc(C2CC(=Nc3nc4ccccc4s3)NN2C(C)=O)cc1. The molecule has 0 saturated carbocycles. The van der Waals surface area contributed by atoms with Crippen LogP contribution in [-0.2, 0) is 4.79 Å². The maximum Gasteiger partial charge on any atom is 0.238 e. The van der Waals surface area contributed by atoms with Gasteiger partial charge in [0.05, 0.1) is 23.4 Å². The van der Waals surface area contributed by atoms with Gasteiger partial charge in [-0.3, -0.25) is 10.2 Å². The third-order valence-electron chi connectivity index (χ3n) is 4.30. The van der Waals surface area contributed by atoms with Gasteiger partial charge in [0.1, 0.15) is 11.6 Å². The molecule has 1 fully saturated rings. The third kappa shape index (κ3) is 3.13. The van der Waals surface area contributed by atoms with Gasteiger partial charge in [-0.25, -0.2) is 15.0 Å². The number of nitrogens with one attached hydrogen (secondary N) is 1. The van der Waals surface area contributed by atoms with Crippen LogP contribution in [0.4, 0.5) is 5.13 Å². The molecule has 2 aromatic carbocycles. The number of ether oxygens (including phenoxy) is 1. The number of aromatic nitrogens is 1. The first-order valence-electron chi connectivity index (χ1n) is 8.27. The van der Waals surface area contributed by atoms with Crippen LogP contribution in [-0.4, -0.2) is 28.8 Å². The Kier molecular flexibility index (Phi) is 4.30. The molecule has 1 unspecified atom stereocenters. The Morgan fingerprint density at radius 2 is 2.04 bits per heavy atom. The number of rotatable bonds is 3. The molecule has 1 aliphatic rings. The number of benzene rings is 2. The summed E-state index contributed by atoms with van der Waals surface area (Å²) in [5, 5.41) is 2.31. The van der Waals surface area contributed by atoms with E-state index in [-0.39, 0.29) is 11.9 Å². The van der Waals surface area contributed by atoms with Crippen molar-refractivity contribution in [1.82, 2.24) is 15.4 Å². The van der Waals surface area contributed by atoms with Gasteiger partial charge < -0.3 is 4.74 Å². The lowest BCUT2D eigenvalue weighted by atomic mass is 10.0. The molecule has 1 aromatic heterocycles. The van der Waals surface area contributed by atoms with Crippen molar-refractivity contribution >= 4 is 38.4 Å². The lowest BCUT2D eigenvalue weighted by Crippen LogP contribution is -2.38. The van der Waals surface area contributed by atoms with Crippen molar-refractivity contribution in [3.8, 4) is 5.75 Å². The molecule has 1 amide bonds. The molecular weight excluding hydrogens is 348 g/mol. The van der Waals surface area contributed by atoms with Crippen LogP contribution in [0.5, 0.6) is 5.75 Å². The predicted octanol–water partition coefficient (Wildman–Crippen LogP) is 3.83. The molecule has 1 saturated heterocycles. The summed E-state index contributed by atoms with van der Waals surface area (Å²) < 4.78 is 6.31. The van der Waals surface area contributed by atoms with Crippen LogP contribution >= 0.6 is 11.3 Å². The van der Waals surface area contributed by atoms with Crippen LogP contribution in [0.2, 0.25) is 0 Å². The van der Waals surface area contributed by atoms with Crippen LogP contribution in [0.1, 0.15) is 24.9 Å². The average Bonchev–Trinajstić information content (AvgIpc) is 3.25. The number of hydrazine groups is 1. The van der Waals surface area contributed by atoms with Gasteiger partial charge in [0.25, 0.3) is 0 Å². The molecule has 0 aliphatic carbocycles. The Bertz CT molecular complexity index is 948. The lowest BCUT2D eigenvalue weighted by Gasteiger charge is -2.22. The Labute approximate surface area is 155 Å². The molecule has 3 aromatic rings. The molecule has 2 heterocycles. The maximum atomic E-state index is 12.1. The van der Waals surface area contributed by atoms with E-state index in [1.165, 1.54) is 11.3 Å². The summed E-state index contributed by atoms with van der Waals surface area (Å²) in [7, 11) is 1.64.